The molecule has 15 heteroatoms. The molecule has 15 nitrogen and oxygen atoms in total. The maximum atomic E-state index is 12.2. The third-order valence-corrected chi connectivity index (χ3v) is 6.13. The predicted octanol–water partition coefficient (Wildman–Crippen LogP) is 1.57. The maximum absolute atomic E-state index is 12.2. The third-order valence-electron chi connectivity index (χ3n) is 6.13. The molecule has 0 spiro atoms. The van der Waals surface area contributed by atoms with Gasteiger partial charge in [-0.3, -0.25) is 19.2 Å². The molecule has 266 valence electrons. The van der Waals surface area contributed by atoms with Gasteiger partial charge in [0.2, 0.25) is 5.91 Å². The normalized spacial score (nSPS) is 12.0. The number of methoxy groups -OCH3 is 3. The second kappa shape index (κ2) is 24.4. The van der Waals surface area contributed by atoms with Gasteiger partial charge in [-0.2, -0.15) is 0 Å². The number of hydrogen-bond donors (Lipinski definition) is 3. The molecule has 3 amide bonds. The molecule has 2 aromatic rings. The van der Waals surface area contributed by atoms with Crippen molar-refractivity contribution in [3.8, 4) is 0 Å². The average molecular weight is 686 g/mol. The van der Waals surface area contributed by atoms with Gasteiger partial charge in [-0.1, -0.05) is 48.6 Å². The van der Waals surface area contributed by atoms with Crippen LogP contribution in [0.4, 0.5) is 0 Å². The molecule has 0 aliphatic carbocycles. The zero-order valence-corrected chi connectivity index (χ0v) is 27.9. The van der Waals surface area contributed by atoms with Crippen LogP contribution in [0.1, 0.15) is 53.8 Å². The number of hydrogen-bond acceptors (Lipinski definition) is 11. The van der Waals surface area contributed by atoms with Gasteiger partial charge >= 0.3 is 23.9 Å². The van der Waals surface area contributed by atoms with Crippen molar-refractivity contribution >= 4 is 41.6 Å². The molecule has 0 heterocycles. The van der Waals surface area contributed by atoms with Gasteiger partial charge in [0.1, 0.15) is 18.1 Å². The number of carbonyl (C=O) groups excluding carboxylic acids is 7. The van der Waals surface area contributed by atoms with Gasteiger partial charge in [-0.25, -0.2) is 14.4 Å². The number of carbonyl (C=O) groups is 7. The van der Waals surface area contributed by atoms with Crippen LogP contribution in [0.15, 0.2) is 85.2 Å². The van der Waals surface area contributed by atoms with E-state index < -0.39 is 47.9 Å². The van der Waals surface area contributed by atoms with Crippen LogP contribution in [0.5, 0.6) is 0 Å². The van der Waals surface area contributed by atoms with E-state index >= 15 is 0 Å². The minimum atomic E-state index is -0.878. The van der Waals surface area contributed by atoms with E-state index in [1.807, 2.05) is 0 Å². The zero-order chi connectivity index (χ0) is 35.9. The minimum absolute atomic E-state index is 0. The van der Waals surface area contributed by atoms with Gasteiger partial charge in [0.15, 0.2) is 0 Å². The van der Waals surface area contributed by atoms with Gasteiger partial charge in [0.25, 0.3) is 11.8 Å². The highest BCUT2D eigenvalue weighted by molar-refractivity contribution is 5.97. The first-order valence-corrected chi connectivity index (χ1v) is 14.6. The Morgan fingerprint density at radius 1 is 0.571 bits per heavy atom. The first-order chi connectivity index (χ1) is 22.9. The van der Waals surface area contributed by atoms with Crippen molar-refractivity contribution in [2.24, 2.45) is 0 Å². The number of esters is 4. The summed E-state index contributed by atoms with van der Waals surface area (Å²) in [5.74, 6) is -3.34. The van der Waals surface area contributed by atoms with Gasteiger partial charge in [-0.15, -0.1) is 0 Å². The molecule has 0 aliphatic heterocycles. The van der Waals surface area contributed by atoms with Crippen LogP contribution in [-0.4, -0.2) is 86.5 Å². The van der Waals surface area contributed by atoms with Crippen LogP contribution in [0.3, 0.4) is 0 Å². The summed E-state index contributed by atoms with van der Waals surface area (Å²) in [6, 6.07) is 14.4. The Morgan fingerprint density at radius 2 is 0.918 bits per heavy atom. The highest BCUT2D eigenvalue weighted by Crippen LogP contribution is 2.05. The molecule has 5 N–H and O–H groups in total. The first-order valence-electron chi connectivity index (χ1n) is 14.6. The van der Waals surface area contributed by atoms with Crippen LogP contribution in [0.25, 0.3) is 0 Å². The Bertz CT molecular complexity index is 1430. The quantitative estimate of drug-likeness (QED) is 0.106. The molecule has 2 aromatic carbocycles. The molecule has 0 aromatic heterocycles. The fourth-order valence-corrected chi connectivity index (χ4v) is 3.78. The van der Waals surface area contributed by atoms with E-state index in [0.29, 0.717) is 11.1 Å². The van der Waals surface area contributed by atoms with Crippen molar-refractivity contribution in [1.82, 2.24) is 16.0 Å². The molecule has 0 unspecified atom stereocenters. The van der Waals surface area contributed by atoms with E-state index in [9.17, 15) is 33.6 Å². The van der Waals surface area contributed by atoms with Crippen molar-refractivity contribution in [3.05, 3.63) is 96.3 Å². The summed E-state index contributed by atoms with van der Waals surface area (Å²) in [5.41, 5.74) is 0.863. The third kappa shape index (κ3) is 17.6. The van der Waals surface area contributed by atoms with E-state index in [1.54, 1.807) is 72.8 Å². The monoisotopic (exact) mass is 685 g/mol. The molecule has 0 bridgehead atoms. The summed E-state index contributed by atoms with van der Waals surface area (Å²) >= 11 is 0. The molecule has 0 fully saturated rings. The first kappa shape index (κ1) is 43.2. The number of benzene rings is 2. The van der Waals surface area contributed by atoms with Crippen LogP contribution >= 0.6 is 0 Å². The summed E-state index contributed by atoms with van der Waals surface area (Å²) in [4.78, 5) is 81.1. The van der Waals surface area contributed by atoms with Crippen LogP contribution < -0.4 is 16.0 Å². The average Bonchev–Trinajstić information content (AvgIpc) is 3.09. The Kier molecular flexibility index (Phi) is 21.5. The zero-order valence-electron chi connectivity index (χ0n) is 27.9. The molecule has 0 radical (unpaired) electrons. The summed E-state index contributed by atoms with van der Waals surface area (Å²) in [7, 11) is 3.70. The van der Waals surface area contributed by atoms with E-state index in [4.69, 9.17) is 4.74 Å². The SMILES string of the molecule is COC(=O)[C@H](CC=CC[C@H](NC(=O)c1ccccc1)C(=O)OC)NC(C)=O.COC(=O)[C@H](CC=COC(C)=O)NC(=O)c1ccccc1.O. The predicted molar refractivity (Wildman–Crippen MR) is 177 cm³/mol. The Balaban J connectivity index is 0.000000949. The standard InChI is InChI=1S/C19H24N2O6.C15H17NO5.H2O/c1-13(22)20-15(18(24)26-2)11-7-8-12-16(19(25)27-3)21-17(23)14-9-5-4-6-10-14;1-11(17)21-10-6-9-13(15(19)20-2)16-14(18)12-7-4-3-5-8-12;/h4-10,15-16H,11-12H2,1-3H3,(H,20,22)(H,21,23);3-8,10,13H,9H2,1-2H3,(H,16,18);1H2/t15-,16-;13-;/m00./s1. The Labute approximate surface area is 284 Å². The lowest BCUT2D eigenvalue weighted by atomic mass is 10.1. The van der Waals surface area contributed by atoms with Crippen molar-refractivity contribution in [2.45, 2.75) is 51.2 Å². The summed E-state index contributed by atoms with van der Waals surface area (Å²) in [6.45, 7) is 2.56. The van der Waals surface area contributed by atoms with E-state index in [-0.39, 0.29) is 36.6 Å². The number of amides is 3. The smallest absolute Gasteiger partial charge is 0.328 e. The number of ether oxygens (including phenoxy) is 4. The van der Waals surface area contributed by atoms with E-state index in [1.165, 1.54) is 47.5 Å². The van der Waals surface area contributed by atoms with Crippen LogP contribution in [0, 0.1) is 0 Å². The van der Waals surface area contributed by atoms with Crippen LogP contribution in [-0.2, 0) is 42.9 Å². The minimum Gasteiger partial charge on any atom is -0.467 e. The second-order valence-corrected chi connectivity index (χ2v) is 9.77. The van der Waals surface area contributed by atoms with E-state index in [2.05, 4.69) is 30.2 Å². The number of nitrogens with one attached hydrogen (secondary N) is 3. The lowest BCUT2D eigenvalue weighted by molar-refractivity contribution is -0.145. The molecular weight excluding hydrogens is 642 g/mol. The maximum Gasteiger partial charge on any atom is 0.328 e. The molecule has 0 aliphatic rings. The Hall–Kier alpha value is -5.83. The fraction of sp³-hybridized carbons (Fsp3) is 0.324. The highest BCUT2D eigenvalue weighted by atomic mass is 16.5. The van der Waals surface area contributed by atoms with Crippen LogP contribution in [0.2, 0.25) is 0 Å². The fourth-order valence-electron chi connectivity index (χ4n) is 3.78. The van der Waals surface area contributed by atoms with Gasteiger partial charge in [-0.05, 0) is 49.6 Å². The molecule has 0 saturated carbocycles. The molecule has 3 atom stereocenters. The van der Waals surface area contributed by atoms with Gasteiger partial charge in [0, 0.05) is 25.0 Å². The van der Waals surface area contributed by atoms with Crippen molar-refractivity contribution < 1.29 is 58.0 Å². The largest absolute Gasteiger partial charge is 0.467 e. The number of rotatable bonds is 15. The summed E-state index contributed by atoms with van der Waals surface area (Å²) in [5, 5.41) is 7.66. The van der Waals surface area contributed by atoms with E-state index in [0.717, 1.165) is 0 Å². The lowest BCUT2D eigenvalue weighted by Crippen LogP contribution is -2.41. The highest BCUT2D eigenvalue weighted by Gasteiger charge is 2.22. The topological polar surface area (TPSA) is 224 Å². The summed E-state index contributed by atoms with van der Waals surface area (Å²) < 4.78 is 18.6. The molecule has 0 saturated heterocycles. The van der Waals surface area contributed by atoms with Crippen molar-refractivity contribution in [1.29, 1.82) is 0 Å². The lowest BCUT2D eigenvalue weighted by Gasteiger charge is -2.15. The second-order valence-electron chi connectivity index (χ2n) is 9.77. The molecule has 49 heavy (non-hydrogen) atoms. The van der Waals surface area contributed by atoms with Gasteiger partial charge in [0.05, 0.1) is 27.6 Å². The summed E-state index contributed by atoms with van der Waals surface area (Å²) in [6.07, 6.45) is 6.40. The molecule has 2 rings (SSSR count). The van der Waals surface area contributed by atoms with Crippen molar-refractivity contribution in [2.75, 3.05) is 21.3 Å². The van der Waals surface area contributed by atoms with Gasteiger partial charge < -0.3 is 40.4 Å². The Morgan fingerprint density at radius 3 is 1.24 bits per heavy atom. The van der Waals surface area contributed by atoms with Crippen molar-refractivity contribution in [3.63, 3.8) is 0 Å². The molecular formula is C34H43N3O12.